The fraction of sp³-hybridized carbons (Fsp3) is 0.467. The first-order valence-electron chi connectivity index (χ1n) is 6.47. The van der Waals surface area contributed by atoms with E-state index in [0.29, 0.717) is 0 Å². The summed E-state index contributed by atoms with van der Waals surface area (Å²) in [4.78, 5) is 2.43. The minimum absolute atomic E-state index is 0.173. The molecule has 1 aromatic rings. The van der Waals surface area contributed by atoms with Crippen LogP contribution in [0.4, 0.5) is 5.69 Å². The van der Waals surface area contributed by atoms with Crippen LogP contribution in [0.15, 0.2) is 35.9 Å². The maximum absolute atomic E-state index is 6.02. The predicted molar refractivity (Wildman–Crippen MR) is 74.2 cm³/mol. The van der Waals surface area contributed by atoms with Crippen molar-refractivity contribution in [2.24, 2.45) is 5.73 Å². The van der Waals surface area contributed by atoms with Crippen LogP contribution >= 0.6 is 0 Å². The summed E-state index contributed by atoms with van der Waals surface area (Å²) in [5.41, 5.74) is 10.0. The molecule has 17 heavy (non-hydrogen) atoms. The molecule has 2 N–H and O–H groups in total. The van der Waals surface area contributed by atoms with Crippen LogP contribution in [0.25, 0.3) is 0 Å². The third-order valence-electron chi connectivity index (χ3n) is 3.46. The van der Waals surface area contributed by atoms with Crippen LogP contribution < -0.4 is 10.6 Å². The van der Waals surface area contributed by atoms with Crippen molar-refractivity contribution >= 4 is 5.69 Å². The minimum Gasteiger partial charge on any atom is -0.367 e. The van der Waals surface area contributed by atoms with E-state index in [0.717, 1.165) is 25.9 Å². The van der Waals surface area contributed by atoms with E-state index in [-0.39, 0.29) is 6.04 Å². The smallest absolute Gasteiger partial charge is 0.0386 e. The molecule has 0 saturated heterocycles. The van der Waals surface area contributed by atoms with Gasteiger partial charge in [-0.3, -0.25) is 0 Å². The minimum atomic E-state index is 0.173. The van der Waals surface area contributed by atoms with Gasteiger partial charge in [-0.15, -0.1) is 0 Å². The topological polar surface area (TPSA) is 29.3 Å². The summed E-state index contributed by atoms with van der Waals surface area (Å²) in [7, 11) is 0. The summed E-state index contributed by atoms with van der Waals surface area (Å²) >= 11 is 0. The second kappa shape index (κ2) is 5.37. The van der Waals surface area contributed by atoms with E-state index in [1.165, 1.54) is 16.8 Å². The molecule has 0 radical (unpaired) electrons. The zero-order valence-electron chi connectivity index (χ0n) is 10.8. The van der Waals surface area contributed by atoms with Crippen LogP contribution in [-0.2, 0) is 0 Å². The van der Waals surface area contributed by atoms with Gasteiger partial charge in [-0.1, -0.05) is 30.7 Å². The molecule has 2 rings (SSSR count). The summed E-state index contributed by atoms with van der Waals surface area (Å²) in [5.74, 6) is 0. The molecule has 1 aliphatic heterocycles. The van der Waals surface area contributed by atoms with Crippen LogP contribution in [0, 0.1) is 0 Å². The van der Waals surface area contributed by atoms with Crippen molar-refractivity contribution in [3.8, 4) is 0 Å². The lowest BCUT2D eigenvalue weighted by Crippen LogP contribution is -2.29. The van der Waals surface area contributed by atoms with Gasteiger partial charge >= 0.3 is 0 Å². The first kappa shape index (κ1) is 12.2. The summed E-state index contributed by atoms with van der Waals surface area (Å²) in [5, 5.41) is 0. The van der Waals surface area contributed by atoms with Crippen LogP contribution in [0.5, 0.6) is 0 Å². The zero-order valence-corrected chi connectivity index (χ0v) is 10.8. The van der Waals surface area contributed by atoms with E-state index in [1.54, 1.807) is 0 Å². The molecule has 0 bridgehead atoms. The lowest BCUT2D eigenvalue weighted by atomic mass is 10.0. The highest BCUT2D eigenvalue weighted by molar-refractivity contribution is 5.50. The average Bonchev–Trinajstić information content (AvgIpc) is 2.38. The molecule has 0 saturated carbocycles. The normalized spacial score (nSPS) is 17.8. The van der Waals surface area contributed by atoms with E-state index in [1.807, 2.05) is 0 Å². The molecule has 0 aromatic heterocycles. The number of nitrogens with two attached hydrogens (primary N) is 1. The molecule has 0 spiro atoms. The quantitative estimate of drug-likeness (QED) is 0.808. The fourth-order valence-corrected chi connectivity index (χ4v) is 2.30. The monoisotopic (exact) mass is 230 g/mol. The highest BCUT2D eigenvalue weighted by Gasteiger charge is 2.11. The molecule has 1 aromatic carbocycles. The molecule has 2 heteroatoms. The third kappa shape index (κ3) is 2.89. The SMILES string of the molecule is CCC(N)c1ccc(N2CCC=C(C)C2)cc1. The number of hydrogen-bond acceptors (Lipinski definition) is 2. The molecule has 1 heterocycles. The van der Waals surface area contributed by atoms with Crippen molar-refractivity contribution in [2.75, 3.05) is 18.0 Å². The van der Waals surface area contributed by atoms with Gasteiger partial charge in [-0.05, 0) is 37.5 Å². The number of rotatable bonds is 3. The summed E-state index contributed by atoms with van der Waals surface area (Å²) in [6.07, 6.45) is 4.48. The van der Waals surface area contributed by atoms with Gasteiger partial charge in [0.05, 0.1) is 0 Å². The molecule has 1 atom stereocenters. The van der Waals surface area contributed by atoms with Crippen molar-refractivity contribution in [3.05, 3.63) is 41.5 Å². The second-order valence-electron chi connectivity index (χ2n) is 4.87. The Morgan fingerprint density at radius 3 is 2.59 bits per heavy atom. The Hall–Kier alpha value is -1.28. The van der Waals surface area contributed by atoms with E-state index in [9.17, 15) is 0 Å². The molecular weight excluding hydrogens is 208 g/mol. The molecule has 0 aliphatic carbocycles. The molecule has 1 aliphatic rings. The Balaban J connectivity index is 2.10. The number of anilines is 1. The van der Waals surface area contributed by atoms with Gasteiger partial charge in [-0.2, -0.15) is 0 Å². The largest absolute Gasteiger partial charge is 0.367 e. The van der Waals surface area contributed by atoms with Gasteiger partial charge in [0.2, 0.25) is 0 Å². The first-order chi connectivity index (χ1) is 8.20. The fourth-order valence-electron chi connectivity index (χ4n) is 2.30. The van der Waals surface area contributed by atoms with E-state index >= 15 is 0 Å². The Morgan fingerprint density at radius 2 is 2.00 bits per heavy atom. The van der Waals surface area contributed by atoms with Crippen LogP contribution in [0.1, 0.15) is 38.3 Å². The van der Waals surface area contributed by atoms with E-state index in [4.69, 9.17) is 5.73 Å². The van der Waals surface area contributed by atoms with Crippen molar-refractivity contribution < 1.29 is 0 Å². The Labute approximate surface area is 104 Å². The summed E-state index contributed by atoms with van der Waals surface area (Å²) < 4.78 is 0. The van der Waals surface area contributed by atoms with Gasteiger partial charge in [0.25, 0.3) is 0 Å². The number of hydrogen-bond donors (Lipinski definition) is 1. The van der Waals surface area contributed by atoms with Crippen molar-refractivity contribution in [1.82, 2.24) is 0 Å². The van der Waals surface area contributed by atoms with Crippen LogP contribution in [0.2, 0.25) is 0 Å². The Bertz CT molecular complexity index is 392. The predicted octanol–water partition coefficient (Wildman–Crippen LogP) is 3.25. The van der Waals surface area contributed by atoms with Crippen molar-refractivity contribution in [2.45, 2.75) is 32.7 Å². The molecule has 0 fully saturated rings. The maximum atomic E-state index is 6.02. The molecule has 1 unspecified atom stereocenters. The van der Waals surface area contributed by atoms with Crippen LogP contribution in [0.3, 0.4) is 0 Å². The Kier molecular flexibility index (Phi) is 3.85. The Morgan fingerprint density at radius 1 is 1.29 bits per heavy atom. The molecule has 0 amide bonds. The van der Waals surface area contributed by atoms with Gasteiger partial charge in [0, 0.05) is 24.8 Å². The average molecular weight is 230 g/mol. The lowest BCUT2D eigenvalue weighted by Gasteiger charge is -2.28. The third-order valence-corrected chi connectivity index (χ3v) is 3.46. The van der Waals surface area contributed by atoms with Gasteiger partial charge < -0.3 is 10.6 Å². The van der Waals surface area contributed by atoms with Crippen molar-refractivity contribution in [1.29, 1.82) is 0 Å². The molecule has 2 nitrogen and oxygen atoms in total. The van der Waals surface area contributed by atoms with E-state index in [2.05, 4.69) is 49.1 Å². The van der Waals surface area contributed by atoms with Gasteiger partial charge in [-0.25, -0.2) is 0 Å². The summed E-state index contributed by atoms with van der Waals surface area (Å²) in [6, 6.07) is 8.90. The first-order valence-corrected chi connectivity index (χ1v) is 6.47. The standard InChI is InChI=1S/C15H22N2/c1-3-15(16)13-6-8-14(9-7-13)17-10-4-5-12(2)11-17/h5-9,15H,3-4,10-11,16H2,1-2H3. The lowest BCUT2D eigenvalue weighted by molar-refractivity contribution is 0.698. The van der Waals surface area contributed by atoms with E-state index < -0.39 is 0 Å². The molecular formula is C15H22N2. The summed E-state index contributed by atoms with van der Waals surface area (Å²) in [6.45, 7) is 6.50. The second-order valence-corrected chi connectivity index (χ2v) is 4.87. The highest BCUT2D eigenvalue weighted by atomic mass is 15.1. The zero-order chi connectivity index (χ0) is 12.3. The van der Waals surface area contributed by atoms with Gasteiger partial charge in [0.1, 0.15) is 0 Å². The molecule has 92 valence electrons. The number of nitrogens with zero attached hydrogens (tertiary/aromatic N) is 1. The number of benzene rings is 1. The maximum Gasteiger partial charge on any atom is 0.0386 e. The van der Waals surface area contributed by atoms with Crippen molar-refractivity contribution in [3.63, 3.8) is 0 Å². The van der Waals surface area contributed by atoms with Gasteiger partial charge in [0.15, 0.2) is 0 Å². The van der Waals surface area contributed by atoms with Crippen LogP contribution in [-0.4, -0.2) is 13.1 Å². The highest BCUT2D eigenvalue weighted by Crippen LogP contribution is 2.22.